The number of halogens is 2. The van der Waals surface area contributed by atoms with E-state index in [1.807, 2.05) is 24.0 Å². The quantitative estimate of drug-likeness (QED) is 0.239. The van der Waals surface area contributed by atoms with E-state index in [1.54, 1.807) is 25.1 Å². The minimum atomic E-state index is -3.71. The maximum atomic E-state index is 15.4. The van der Waals surface area contributed by atoms with Crippen molar-refractivity contribution in [3.05, 3.63) is 69.5 Å². The van der Waals surface area contributed by atoms with Gasteiger partial charge in [-0.15, -0.1) is 0 Å². The molecule has 46 heavy (non-hydrogen) atoms. The Hall–Kier alpha value is -2.99. The molecule has 0 spiro atoms. The minimum absolute atomic E-state index is 0.0297. The van der Waals surface area contributed by atoms with E-state index in [4.69, 9.17) is 26.2 Å². The number of hydrogen-bond donors (Lipinski definition) is 2. The molecule has 9 nitrogen and oxygen atoms in total. The van der Waals surface area contributed by atoms with E-state index in [9.17, 15) is 23.1 Å². The van der Waals surface area contributed by atoms with Crippen molar-refractivity contribution in [2.45, 2.75) is 69.8 Å². The number of anilines is 1. The summed E-state index contributed by atoms with van der Waals surface area (Å²) >= 11 is 6.19. The van der Waals surface area contributed by atoms with Gasteiger partial charge in [0.15, 0.2) is 6.29 Å². The lowest BCUT2D eigenvalue weighted by atomic mass is 9.58. The van der Waals surface area contributed by atoms with Gasteiger partial charge in [0, 0.05) is 26.1 Å². The van der Waals surface area contributed by atoms with E-state index >= 15 is 4.39 Å². The number of aromatic carboxylic acids is 1. The van der Waals surface area contributed by atoms with E-state index in [0.717, 1.165) is 30.3 Å². The summed E-state index contributed by atoms with van der Waals surface area (Å²) in [6, 6.07) is 8.13. The number of carbonyl (C=O) groups excluding carboxylic acids is 1. The first-order valence-corrected chi connectivity index (χ1v) is 17.7. The second kappa shape index (κ2) is 13.6. The molecule has 2 aromatic carbocycles. The Morgan fingerprint density at radius 1 is 1.26 bits per heavy atom. The van der Waals surface area contributed by atoms with E-state index in [2.05, 4.69) is 0 Å². The van der Waals surface area contributed by atoms with Gasteiger partial charge in [0.2, 0.25) is 10.0 Å². The van der Waals surface area contributed by atoms with Gasteiger partial charge in [0.25, 0.3) is 0 Å². The number of sulfonamides is 1. The molecule has 3 N–H and O–H groups in total. The molecule has 1 fully saturated rings. The number of carbonyl (C=O) groups is 2. The number of fused-ring (bicyclic) bond motifs is 2. The van der Waals surface area contributed by atoms with Crippen molar-refractivity contribution in [3.8, 4) is 5.75 Å². The van der Waals surface area contributed by atoms with Gasteiger partial charge in [0.1, 0.15) is 17.2 Å². The van der Waals surface area contributed by atoms with Crippen LogP contribution in [0.2, 0.25) is 5.02 Å². The van der Waals surface area contributed by atoms with Gasteiger partial charge in [0.05, 0.1) is 28.1 Å². The summed E-state index contributed by atoms with van der Waals surface area (Å²) in [4.78, 5) is 26.9. The number of rotatable bonds is 10. The van der Waals surface area contributed by atoms with Crippen LogP contribution in [0.25, 0.3) is 0 Å². The Balaban J connectivity index is 1.49. The fraction of sp³-hybridized carbons (Fsp3) is 0.529. The Morgan fingerprint density at radius 3 is 2.61 bits per heavy atom. The van der Waals surface area contributed by atoms with E-state index in [1.165, 1.54) is 13.2 Å². The van der Waals surface area contributed by atoms with E-state index in [0.29, 0.717) is 55.8 Å². The number of carboxylic acids is 1. The molecule has 3 aliphatic rings. The number of methoxy groups -OCH3 is 1. The number of nitrogens with two attached hydrogens (primary N) is 1. The second-order valence-corrected chi connectivity index (χ2v) is 15.3. The van der Waals surface area contributed by atoms with Gasteiger partial charge < -0.3 is 19.5 Å². The average Bonchev–Trinajstić information content (AvgIpc) is 3.01. The minimum Gasteiger partial charge on any atom is -0.491 e. The van der Waals surface area contributed by atoms with Crippen LogP contribution in [-0.4, -0.2) is 56.9 Å². The van der Waals surface area contributed by atoms with Crippen LogP contribution in [0, 0.1) is 29.5 Å². The van der Waals surface area contributed by atoms with Crippen LogP contribution in [0.4, 0.5) is 10.1 Å². The van der Waals surface area contributed by atoms with Gasteiger partial charge in [-0.3, -0.25) is 4.79 Å². The number of benzene rings is 2. The largest absolute Gasteiger partial charge is 0.491 e. The predicted molar refractivity (Wildman–Crippen MR) is 174 cm³/mol. The molecular formula is C34H42ClFN2O7S. The summed E-state index contributed by atoms with van der Waals surface area (Å²) in [7, 11) is -2.19. The van der Waals surface area contributed by atoms with Crippen LogP contribution >= 0.6 is 11.6 Å². The summed E-state index contributed by atoms with van der Waals surface area (Å²) in [6.07, 6.45) is 6.72. The summed E-state index contributed by atoms with van der Waals surface area (Å²) in [5.41, 5.74) is 1.61. The number of nitrogens with zero attached hydrogens (tertiary/aromatic N) is 1. The average molecular weight is 677 g/mol. The second-order valence-electron chi connectivity index (χ2n) is 12.9. The van der Waals surface area contributed by atoms with Gasteiger partial charge >= 0.3 is 5.97 Å². The predicted octanol–water partition coefficient (Wildman–Crippen LogP) is 5.77. The monoisotopic (exact) mass is 676 g/mol. The molecule has 12 heteroatoms. The third-order valence-corrected chi connectivity index (χ3v) is 12.3. The number of allylic oxidation sites excluding steroid dienone is 1. The maximum Gasteiger partial charge on any atom is 0.335 e. The molecular weight excluding hydrogens is 635 g/mol. The summed E-state index contributed by atoms with van der Waals surface area (Å²) < 4.78 is 51.5. The third-order valence-electron chi connectivity index (χ3n) is 10.5. The zero-order valence-corrected chi connectivity index (χ0v) is 28.0. The molecule has 0 amide bonds. The standard InChI is InChI=1S/C34H42ClFN2O7S/c1-20(21(2)46(37,42)43)25-14-26(15-25)34(19-39,44-3)28-10-7-24(28)18-38-17-23-8-11-29(35)32(36)27(23)6-4-5-13-45-31-12-9-22(33(40)41)16-30(31)38/h8-9,11-12,14,16,19-21,24-25,28H,4-7,10,13,15,17-18H2,1-3H3,(H,40,41)(H2,37,42,43)/t20-,21-,24+,25+,28-,34?/m1/s1. The van der Waals surface area contributed by atoms with Crippen molar-refractivity contribution in [2.24, 2.45) is 28.8 Å². The van der Waals surface area contributed by atoms with Crippen molar-refractivity contribution in [1.82, 2.24) is 0 Å². The van der Waals surface area contributed by atoms with Crippen LogP contribution in [0.3, 0.4) is 0 Å². The zero-order chi connectivity index (χ0) is 33.4. The van der Waals surface area contributed by atoms with Gasteiger partial charge in [-0.05, 0) is 104 Å². The summed E-state index contributed by atoms with van der Waals surface area (Å²) in [6.45, 7) is 4.54. The molecule has 6 atom stereocenters. The van der Waals surface area contributed by atoms with Crippen LogP contribution in [-0.2, 0) is 32.5 Å². The van der Waals surface area contributed by atoms with Crippen LogP contribution < -0.4 is 14.8 Å². The highest BCUT2D eigenvalue weighted by Gasteiger charge is 2.53. The van der Waals surface area contributed by atoms with Crippen molar-refractivity contribution in [1.29, 1.82) is 0 Å². The normalized spacial score (nSPS) is 24.3. The van der Waals surface area contributed by atoms with Crippen molar-refractivity contribution in [2.75, 3.05) is 25.2 Å². The molecule has 0 radical (unpaired) electrons. The Morgan fingerprint density at radius 2 is 2.00 bits per heavy atom. The van der Waals surface area contributed by atoms with Gasteiger partial charge in [-0.1, -0.05) is 30.7 Å². The molecule has 2 aromatic rings. The molecule has 0 saturated heterocycles. The first-order valence-electron chi connectivity index (χ1n) is 15.8. The van der Waals surface area contributed by atoms with Crippen molar-refractivity contribution >= 4 is 39.6 Å². The Labute approximate surface area is 274 Å². The SMILES string of the molecule is COC(C=O)(C1=C[C@H]([C@H](C)[C@@H](C)S(N)(=O)=O)C1)[C@@H]1CC[C@H]1CN1Cc2ccc(Cl)c(F)c2CCCCOc2ccc(C(=O)O)cc21. The molecule has 1 aliphatic heterocycles. The maximum absolute atomic E-state index is 15.4. The Bertz CT molecular complexity index is 1630. The van der Waals surface area contributed by atoms with Gasteiger partial charge in [-0.25, -0.2) is 22.7 Å². The lowest BCUT2D eigenvalue weighted by Crippen LogP contribution is -2.55. The fourth-order valence-electron chi connectivity index (χ4n) is 7.23. The van der Waals surface area contributed by atoms with E-state index < -0.39 is 32.7 Å². The smallest absolute Gasteiger partial charge is 0.335 e. The lowest BCUT2D eigenvalue weighted by Gasteiger charge is -2.52. The molecule has 1 heterocycles. The third kappa shape index (κ3) is 6.56. The van der Waals surface area contributed by atoms with Crippen molar-refractivity contribution in [3.63, 3.8) is 0 Å². The molecule has 0 aromatic heterocycles. The number of hydrogen-bond acceptors (Lipinski definition) is 7. The summed E-state index contributed by atoms with van der Waals surface area (Å²) in [5, 5.41) is 14.6. The molecule has 0 bridgehead atoms. The Kier molecular flexibility index (Phi) is 10.2. The number of carboxylic acid groups (broad SMARTS) is 1. The number of ether oxygens (including phenoxy) is 2. The number of primary sulfonamides is 1. The topological polar surface area (TPSA) is 136 Å². The highest BCUT2D eigenvalue weighted by Crippen LogP contribution is 2.52. The van der Waals surface area contributed by atoms with Crippen molar-refractivity contribution < 1.29 is 37.0 Å². The van der Waals surface area contributed by atoms with Gasteiger partial charge in [-0.2, -0.15) is 0 Å². The fourth-order valence-corrected chi connectivity index (χ4v) is 8.21. The highest BCUT2D eigenvalue weighted by molar-refractivity contribution is 7.89. The first-order chi connectivity index (χ1) is 21.8. The molecule has 1 saturated carbocycles. The molecule has 2 aliphatic carbocycles. The molecule has 5 rings (SSSR count). The van der Waals surface area contributed by atoms with Crippen LogP contribution in [0.5, 0.6) is 5.75 Å². The van der Waals surface area contributed by atoms with Crippen LogP contribution in [0.1, 0.15) is 67.4 Å². The highest BCUT2D eigenvalue weighted by atomic mass is 35.5. The number of aldehydes is 1. The zero-order valence-electron chi connectivity index (χ0n) is 26.4. The molecule has 1 unspecified atom stereocenters. The first kappa shape index (κ1) is 34.3. The lowest BCUT2D eigenvalue weighted by molar-refractivity contribution is -0.139. The van der Waals surface area contributed by atoms with Crippen LogP contribution in [0.15, 0.2) is 42.0 Å². The van der Waals surface area contributed by atoms with E-state index in [-0.39, 0.29) is 40.8 Å². The molecule has 250 valence electrons. The summed E-state index contributed by atoms with van der Waals surface area (Å²) in [5.74, 6) is -1.48.